The van der Waals surface area contributed by atoms with Gasteiger partial charge in [-0.15, -0.1) is 0 Å². The fourth-order valence-electron chi connectivity index (χ4n) is 7.78. The molecule has 2 heterocycles. The average molecular weight is 709 g/mol. The number of H-pyrrole nitrogens is 1. The van der Waals surface area contributed by atoms with Crippen LogP contribution in [-0.2, 0) is 19.6 Å². The summed E-state index contributed by atoms with van der Waals surface area (Å²) in [6, 6.07) is 18.3. The zero-order valence-electron chi connectivity index (χ0n) is 27.2. The van der Waals surface area contributed by atoms with E-state index in [1.807, 2.05) is 30.3 Å². The van der Waals surface area contributed by atoms with Crippen molar-refractivity contribution in [2.75, 3.05) is 13.7 Å². The number of ether oxygens (including phenoxy) is 1. The zero-order chi connectivity index (χ0) is 35.4. The van der Waals surface area contributed by atoms with Crippen molar-refractivity contribution in [2.45, 2.75) is 62.0 Å². The van der Waals surface area contributed by atoms with Crippen LogP contribution in [0.15, 0.2) is 72.9 Å². The molecular weight excluding hydrogens is 673 g/mol. The Labute approximate surface area is 287 Å². The number of nitrogens with zero attached hydrogens (tertiary/aromatic N) is 2. The minimum absolute atomic E-state index is 0.0555. The van der Waals surface area contributed by atoms with E-state index in [1.165, 1.54) is 13.2 Å². The van der Waals surface area contributed by atoms with Crippen LogP contribution in [0.4, 0.5) is 18.0 Å². The van der Waals surface area contributed by atoms with E-state index in [0.717, 1.165) is 47.2 Å². The maximum Gasteiger partial charge on any atom is 0.534 e. The van der Waals surface area contributed by atoms with Crippen LogP contribution in [0.1, 0.15) is 79.0 Å². The van der Waals surface area contributed by atoms with Gasteiger partial charge in [0.15, 0.2) is 0 Å². The molecule has 10 nitrogen and oxygen atoms in total. The molecule has 2 fully saturated rings. The number of carbonyl (C=O) groups is 2. The number of methoxy groups -OCH3 is 1. The summed E-state index contributed by atoms with van der Waals surface area (Å²) in [5, 5.41) is 2.68. The zero-order valence-corrected chi connectivity index (χ0v) is 28.1. The largest absolute Gasteiger partial charge is 0.534 e. The molecule has 0 spiro atoms. The first-order valence-corrected chi connectivity index (χ1v) is 17.8. The number of imidazole rings is 1. The van der Waals surface area contributed by atoms with Gasteiger partial charge in [0.05, 0.1) is 25.0 Å². The van der Waals surface area contributed by atoms with Crippen molar-refractivity contribution in [1.29, 1.82) is 0 Å². The number of likely N-dealkylation sites (tertiary alicyclic amines) is 1. The van der Waals surface area contributed by atoms with Gasteiger partial charge < -0.3 is 24.1 Å². The molecule has 2 N–H and O–H groups in total. The number of alkyl carbamates (subject to hydrolysis) is 1. The quantitative estimate of drug-likeness (QED) is 0.145. The Kier molecular flexibility index (Phi) is 8.61. The van der Waals surface area contributed by atoms with Crippen molar-refractivity contribution < 1.29 is 40.1 Å². The Morgan fingerprint density at radius 2 is 1.64 bits per heavy atom. The number of hydrogen-bond acceptors (Lipinski definition) is 7. The van der Waals surface area contributed by atoms with E-state index in [2.05, 4.69) is 26.4 Å². The molecule has 1 saturated carbocycles. The lowest BCUT2D eigenvalue weighted by Crippen LogP contribution is -2.43. The highest BCUT2D eigenvalue weighted by Crippen LogP contribution is 2.58. The van der Waals surface area contributed by atoms with Crippen molar-refractivity contribution in [3.8, 4) is 28.1 Å². The number of amides is 2. The lowest BCUT2D eigenvalue weighted by atomic mass is 9.85. The number of aromatic amines is 1. The second-order valence-corrected chi connectivity index (χ2v) is 14.8. The smallest absolute Gasteiger partial charge is 0.453 e. The van der Waals surface area contributed by atoms with Gasteiger partial charge in [-0.1, -0.05) is 67.6 Å². The molecule has 1 aliphatic heterocycles. The van der Waals surface area contributed by atoms with Gasteiger partial charge in [0, 0.05) is 12.1 Å². The first kappa shape index (κ1) is 33.6. The van der Waals surface area contributed by atoms with Crippen molar-refractivity contribution in [2.24, 2.45) is 5.92 Å². The standard InChI is InChI=1S/C36H35F3N4O6S/c1-20-16-28(43(19-20)34(44)32(42-35(45)48-2)23-6-4-3-5-7-23)33-40-18-27(41-33)22-10-8-21(9-11-22)26-14-15-29(49-50(46,47)36(37,38)39)31-25-13-12-24(17-25)30(26)31/h3-11,14-15,18,20,24-25,28,32H,12-13,16-17,19H2,1-2H3,(H,40,41)(H,42,45). The van der Waals surface area contributed by atoms with Crippen LogP contribution in [0.5, 0.6) is 5.75 Å². The van der Waals surface area contributed by atoms with Crippen molar-refractivity contribution in [1.82, 2.24) is 20.2 Å². The molecule has 3 aliphatic rings. The highest BCUT2D eigenvalue weighted by atomic mass is 32.2. The number of halogens is 3. The number of hydrogen-bond donors (Lipinski definition) is 2. The van der Waals surface area contributed by atoms with E-state index in [1.54, 1.807) is 41.4 Å². The average Bonchev–Trinajstić information content (AvgIpc) is 3.91. The normalized spacial score (nSPS) is 21.9. The Bertz CT molecular complexity index is 2030. The third-order valence-electron chi connectivity index (χ3n) is 10.0. The summed E-state index contributed by atoms with van der Waals surface area (Å²) in [6.45, 7) is 2.54. The van der Waals surface area contributed by atoms with Crippen LogP contribution >= 0.6 is 0 Å². The molecule has 7 rings (SSSR count). The summed E-state index contributed by atoms with van der Waals surface area (Å²) in [6.07, 6.45) is 4.06. The molecule has 1 aromatic heterocycles. The van der Waals surface area contributed by atoms with E-state index >= 15 is 0 Å². The lowest BCUT2D eigenvalue weighted by molar-refractivity contribution is -0.134. The summed E-state index contributed by atoms with van der Waals surface area (Å²) in [7, 11) is -4.55. The number of carbonyl (C=O) groups excluding carboxylic acids is 2. The van der Waals surface area contributed by atoms with Crippen molar-refractivity contribution in [3.05, 3.63) is 95.4 Å². The SMILES string of the molecule is COC(=O)NC(C(=O)N1CC(C)CC1c1ncc(-c2ccc(-c3ccc(OS(=O)(=O)C(F)(F)F)c4c3C3CCC4C3)cc2)[nH]1)c1ccccc1. The lowest BCUT2D eigenvalue weighted by Gasteiger charge is -2.28. The molecule has 2 bridgehead atoms. The third-order valence-corrected chi connectivity index (χ3v) is 11.0. The van der Waals surface area contributed by atoms with Crippen LogP contribution in [0.2, 0.25) is 0 Å². The molecule has 50 heavy (non-hydrogen) atoms. The van der Waals surface area contributed by atoms with Crippen molar-refractivity contribution in [3.63, 3.8) is 0 Å². The maximum absolute atomic E-state index is 14.0. The number of aromatic nitrogens is 2. The number of alkyl halides is 3. The molecule has 14 heteroatoms. The molecule has 5 unspecified atom stereocenters. The fraction of sp³-hybridized carbons (Fsp3) is 0.361. The van der Waals surface area contributed by atoms with Gasteiger partial charge in [0.1, 0.15) is 17.6 Å². The third kappa shape index (κ3) is 6.10. The second kappa shape index (κ2) is 12.8. The minimum Gasteiger partial charge on any atom is -0.453 e. The van der Waals surface area contributed by atoms with Gasteiger partial charge in [-0.05, 0) is 77.3 Å². The van der Waals surface area contributed by atoms with E-state index in [-0.39, 0.29) is 35.5 Å². The molecule has 3 aromatic carbocycles. The summed E-state index contributed by atoms with van der Waals surface area (Å²) < 4.78 is 72.6. The van der Waals surface area contributed by atoms with E-state index in [9.17, 15) is 31.2 Å². The first-order chi connectivity index (χ1) is 23.8. The van der Waals surface area contributed by atoms with Crippen LogP contribution in [0.3, 0.4) is 0 Å². The van der Waals surface area contributed by atoms with Crippen LogP contribution < -0.4 is 9.50 Å². The first-order valence-electron chi connectivity index (χ1n) is 16.4. The predicted molar refractivity (Wildman–Crippen MR) is 177 cm³/mol. The molecule has 5 atom stereocenters. The maximum atomic E-state index is 14.0. The van der Waals surface area contributed by atoms with Gasteiger partial charge in [-0.3, -0.25) is 4.79 Å². The summed E-state index contributed by atoms with van der Waals surface area (Å²) in [5.74, 6) is 0.339. The topological polar surface area (TPSA) is 131 Å². The van der Waals surface area contributed by atoms with E-state index < -0.39 is 27.8 Å². The van der Waals surface area contributed by atoms with Gasteiger partial charge in [0.25, 0.3) is 5.91 Å². The van der Waals surface area contributed by atoms with Crippen molar-refractivity contribution >= 4 is 22.1 Å². The number of nitrogens with one attached hydrogen (secondary N) is 2. The Balaban J connectivity index is 1.14. The van der Waals surface area contributed by atoms with Crippen LogP contribution in [-0.4, -0.2) is 54.4 Å². The van der Waals surface area contributed by atoms with E-state index in [4.69, 9.17) is 4.74 Å². The highest BCUT2D eigenvalue weighted by molar-refractivity contribution is 7.88. The Morgan fingerprint density at radius 3 is 2.32 bits per heavy atom. The van der Waals surface area contributed by atoms with Gasteiger partial charge >= 0.3 is 21.7 Å². The number of rotatable bonds is 8. The van der Waals surface area contributed by atoms with E-state index in [0.29, 0.717) is 29.9 Å². The Morgan fingerprint density at radius 1 is 0.960 bits per heavy atom. The number of benzene rings is 3. The Hall–Kier alpha value is -4.85. The molecule has 4 aromatic rings. The summed E-state index contributed by atoms with van der Waals surface area (Å²) >= 11 is 0. The van der Waals surface area contributed by atoms with Crippen LogP contribution in [0.25, 0.3) is 22.4 Å². The predicted octanol–water partition coefficient (Wildman–Crippen LogP) is 7.34. The molecular formula is C36H35F3N4O6S. The fourth-order valence-corrected chi connectivity index (χ4v) is 8.26. The molecule has 1 saturated heterocycles. The summed E-state index contributed by atoms with van der Waals surface area (Å²) in [4.78, 5) is 36.0. The molecule has 0 radical (unpaired) electrons. The molecule has 2 amide bonds. The molecule has 2 aliphatic carbocycles. The van der Waals surface area contributed by atoms with Gasteiger partial charge in [-0.2, -0.15) is 21.6 Å². The molecule has 262 valence electrons. The van der Waals surface area contributed by atoms with Crippen LogP contribution in [0, 0.1) is 5.92 Å². The second-order valence-electron chi connectivity index (χ2n) is 13.2. The monoisotopic (exact) mass is 708 g/mol. The number of fused-ring (bicyclic) bond motifs is 5. The van der Waals surface area contributed by atoms with Gasteiger partial charge in [-0.25, -0.2) is 9.78 Å². The summed E-state index contributed by atoms with van der Waals surface area (Å²) in [5.41, 5.74) is -0.241. The highest BCUT2D eigenvalue weighted by Gasteiger charge is 2.50. The van der Waals surface area contributed by atoms with Gasteiger partial charge in [0.2, 0.25) is 0 Å². The minimum atomic E-state index is -5.79.